The predicted octanol–water partition coefficient (Wildman–Crippen LogP) is 0.703. The molecule has 0 aromatic heterocycles. The van der Waals surface area contributed by atoms with E-state index in [9.17, 15) is 9.59 Å². The van der Waals surface area contributed by atoms with Gasteiger partial charge in [-0.1, -0.05) is 0 Å². The molecule has 1 N–H and O–H groups in total. The standard InChI is InChI=1S/C16H21N3O4/c1-12(20)17-13-2-3-15-14(10-13)19(16(21)11-23-15)5-4-18-6-8-22-9-7-18/h2-3,10H,4-9,11H2,1H3,(H,17,20). The molecule has 7 nitrogen and oxygen atoms in total. The lowest BCUT2D eigenvalue weighted by atomic mass is 10.2. The van der Waals surface area contributed by atoms with E-state index >= 15 is 0 Å². The number of fused-ring (bicyclic) bond motifs is 1. The van der Waals surface area contributed by atoms with Crippen LogP contribution in [0.25, 0.3) is 0 Å². The van der Waals surface area contributed by atoms with E-state index in [1.165, 1.54) is 6.92 Å². The van der Waals surface area contributed by atoms with Crippen LogP contribution >= 0.6 is 0 Å². The molecule has 0 spiro atoms. The summed E-state index contributed by atoms with van der Waals surface area (Å²) in [5.41, 5.74) is 1.37. The molecular formula is C16H21N3O4. The van der Waals surface area contributed by atoms with Crippen LogP contribution in [-0.2, 0) is 14.3 Å². The Morgan fingerprint density at radius 1 is 1.26 bits per heavy atom. The van der Waals surface area contributed by atoms with Crippen LogP contribution in [0.15, 0.2) is 18.2 Å². The van der Waals surface area contributed by atoms with Crippen LogP contribution in [0.1, 0.15) is 6.92 Å². The molecule has 124 valence electrons. The monoisotopic (exact) mass is 319 g/mol. The molecule has 0 unspecified atom stereocenters. The maximum atomic E-state index is 12.2. The Balaban J connectivity index is 1.74. The van der Waals surface area contributed by atoms with Gasteiger partial charge in [-0.3, -0.25) is 14.5 Å². The van der Waals surface area contributed by atoms with E-state index in [-0.39, 0.29) is 18.4 Å². The molecule has 1 fully saturated rings. The van der Waals surface area contributed by atoms with E-state index in [0.29, 0.717) is 23.7 Å². The number of benzene rings is 1. The summed E-state index contributed by atoms with van der Waals surface area (Å²) in [6.45, 7) is 6.14. The third kappa shape index (κ3) is 3.80. The Bertz CT molecular complexity index is 599. The van der Waals surface area contributed by atoms with Gasteiger partial charge in [0.25, 0.3) is 5.91 Å². The largest absolute Gasteiger partial charge is 0.482 e. The lowest BCUT2D eigenvalue weighted by Crippen LogP contribution is -2.45. The van der Waals surface area contributed by atoms with Gasteiger partial charge < -0.3 is 19.7 Å². The molecule has 0 aliphatic carbocycles. The first-order valence-corrected chi connectivity index (χ1v) is 7.78. The van der Waals surface area contributed by atoms with Crippen molar-refractivity contribution in [3.05, 3.63) is 18.2 Å². The number of carbonyl (C=O) groups excluding carboxylic acids is 2. The van der Waals surface area contributed by atoms with E-state index in [2.05, 4.69) is 10.2 Å². The molecule has 1 saturated heterocycles. The first-order chi connectivity index (χ1) is 11.1. The van der Waals surface area contributed by atoms with Gasteiger partial charge in [-0.2, -0.15) is 0 Å². The van der Waals surface area contributed by atoms with Crippen LogP contribution in [-0.4, -0.2) is 62.7 Å². The predicted molar refractivity (Wildman–Crippen MR) is 85.9 cm³/mol. The van der Waals surface area contributed by atoms with Crippen molar-refractivity contribution in [3.63, 3.8) is 0 Å². The van der Waals surface area contributed by atoms with Crippen molar-refractivity contribution in [2.45, 2.75) is 6.92 Å². The maximum Gasteiger partial charge on any atom is 0.265 e. The molecule has 0 atom stereocenters. The second kappa shape index (κ2) is 6.97. The summed E-state index contributed by atoms with van der Waals surface area (Å²) in [5, 5.41) is 2.74. The van der Waals surface area contributed by atoms with Gasteiger partial charge in [0.15, 0.2) is 6.61 Å². The smallest absolute Gasteiger partial charge is 0.265 e. The van der Waals surface area contributed by atoms with Crippen molar-refractivity contribution in [2.75, 3.05) is 56.2 Å². The van der Waals surface area contributed by atoms with E-state index in [4.69, 9.17) is 9.47 Å². The molecule has 7 heteroatoms. The number of rotatable bonds is 4. The molecule has 3 rings (SSSR count). The zero-order valence-electron chi connectivity index (χ0n) is 13.2. The number of amides is 2. The Labute approximate surface area is 135 Å². The number of nitrogens with one attached hydrogen (secondary N) is 1. The van der Waals surface area contributed by atoms with Crippen LogP contribution in [0.5, 0.6) is 5.75 Å². The summed E-state index contributed by atoms with van der Waals surface area (Å²) in [4.78, 5) is 27.5. The zero-order valence-corrected chi connectivity index (χ0v) is 13.2. The summed E-state index contributed by atoms with van der Waals surface area (Å²) >= 11 is 0. The van der Waals surface area contributed by atoms with Gasteiger partial charge in [0.2, 0.25) is 5.91 Å². The molecule has 2 aliphatic heterocycles. The number of hydrogen-bond donors (Lipinski definition) is 1. The van der Waals surface area contributed by atoms with Crippen molar-refractivity contribution in [1.82, 2.24) is 4.90 Å². The van der Waals surface area contributed by atoms with Crippen molar-refractivity contribution in [3.8, 4) is 5.75 Å². The molecule has 0 bridgehead atoms. The van der Waals surface area contributed by atoms with Crippen LogP contribution < -0.4 is 15.0 Å². The van der Waals surface area contributed by atoms with E-state index in [0.717, 1.165) is 32.8 Å². The molecule has 23 heavy (non-hydrogen) atoms. The molecule has 2 amide bonds. The first kappa shape index (κ1) is 15.8. The van der Waals surface area contributed by atoms with Crippen LogP contribution in [0.4, 0.5) is 11.4 Å². The van der Waals surface area contributed by atoms with E-state index in [1.54, 1.807) is 23.1 Å². The first-order valence-electron chi connectivity index (χ1n) is 7.78. The normalized spacial score (nSPS) is 18.3. The van der Waals surface area contributed by atoms with Crippen molar-refractivity contribution >= 4 is 23.2 Å². The molecular weight excluding hydrogens is 298 g/mol. The lowest BCUT2D eigenvalue weighted by molar-refractivity contribution is -0.121. The minimum Gasteiger partial charge on any atom is -0.482 e. The second-order valence-electron chi connectivity index (χ2n) is 5.65. The van der Waals surface area contributed by atoms with Crippen LogP contribution in [0.2, 0.25) is 0 Å². The Kier molecular flexibility index (Phi) is 4.78. The average molecular weight is 319 g/mol. The molecule has 0 radical (unpaired) electrons. The summed E-state index contributed by atoms with van der Waals surface area (Å²) < 4.78 is 10.8. The summed E-state index contributed by atoms with van der Waals surface area (Å²) in [5.74, 6) is 0.458. The zero-order chi connectivity index (χ0) is 16.2. The van der Waals surface area contributed by atoms with Crippen molar-refractivity contribution in [2.24, 2.45) is 0 Å². The molecule has 1 aromatic rings. The van der Waals surface area contributed by atoms with Crippen molar-refractivity contribution in [1.29, 1.82) is 0 Å². The SMILES string of the molecule is CC(=O)Nc1ccc2c(c1)N(CCN1CCOCC1)C(=O)CO2. The highest BCUT2D eigenvalue weighted by molar-refractivity contribution is 5.99. The Hall–Kier alpha value is -2.12. The number of hydrogen-bond acceptors (Lipinski definition) is 5. The number of anilines is 2. The van der Waals surface area contributed by atoms with Gasteiger partial charge in [-0.25, -0.2) is 0 Å². The maximum absolute atomic E-state index is 12.2. The molecule has 2 heterocycles. The summed E-state index contributed by atoms with van der Waals surface area (Å²) in [6.07, 6.45) is 0. The number of ether oxygens (including phenoxy) is 2. The van der Waals surface area contributed by atoms with E-state index in [1.807, 2.05) is 0 Å². The topological polar surface area (TPSA) is 71.1 Å². The number of morpholine rings is 1. The third-order valence-corrected chi connectivity index (χ3v) is 3.97. The fraction of sp³-hybridized carbons (Fsp3) is 0.500. The van der Waals surface area contributed by atoms with Gasteiger partial charge in [0.1, 0.15) is 5.75 Å². The second-order valence-corrected chi connectivity index (χ2v) is 5.65. The fourth-order valence-corrected chi connectivity index (χ4v) is 2.79. The highest BCUT2D eigenvalue weighted by Gasteiger charge is 2.26. The van der Waals surface area contributed by atoms with Gasteiger partial charge in [0.05, 0.1) is 18.9 Å². The lowest BCUT2D eigenvalue weighted by Gasteiger charge is -2.33. The van der Waals surface area contributed by atoms with Crippen LogP contribution in [0, 0.1) is 0 Å². The average Bonchev–Trinajstić information content (AvgIpc) is 2.54. The molecule has 2 aliphatic rings. The van der Waals surface area contributed by atoms with Gasteiger partial charge in [-0.15, -0.1) is 0 Å². The van der Waals surface area contributed by atoms with Gasteiger partial charge in [-0.05, 0) is 18.2 Å². The molecule has 1 aromatic carbocycles. The minimum atomic E-state index is -0.145. The highest BCUT2D eigenvalue weighted by Crippen LogP contribution is 2.34. The Morgan fingerprint density at radius 2 is 2.04 bits per heavy atom. The third-order valence-electron chi connectivity index (χ3n) is 3.97. The number of nitrogens with zero attached hydrogens (tertiary/aromatic N) is 2. The summed E-state index contributed by atoms with van der Waals surface area (Å²) in [6, 6.07) is 5.35. The quantitative estimate of drug-likeness (QED) is 0.885. The fourth-order valence-electron chi connectivity index (χ4n) is 2.79. The van der Waals surface area contributed by atoms with Gasteiger partial charge in [0, 0.05) is 38.8 Å². The van der Waals surface area contributed by atoms with E-state index < -0.39 is 0 Å². The number of carbonyl (C=O) groups is 2. The molecule has 0 saturated carbocycles. The van der Waals surface area contributed by atoms with Crippen molar-refractivity contribution < 1.29 is 19.1 Å². The van der Waals surface area contributed by atoms with Gasteiger partial charge >= 0.3 is 0 Å². The minimum absolute atomic E-state index is 0.0512. The van der Waals surface area contributed by atoms with Crippen LogP contribution in [0.3, 0.4) is 0 Å². The summed E-state index contributed by atoms with van der Waals surface area (Å²) in [7, 11) is 0. The highest BCUT2D eigenvalue weighted by atomic mass is 16.5. The Morgan fingerprint density at radius 3 is 2.78 bits per heavy atom.